The van der Waals surface area contributed by atoms with Gasteiger partial charge in [-0.05, 0) is 54.4 Å². The van der Waals surface area contributed by atoms with Gasteiger partial charge in [-0.3, -0.25) is 24.4 Å². The van der Waals surface area contributed by atoms with E-state index in [0.717, 1.165) is 5.56 Å². The third kappa shape index (κ3) is 6.47. The summed E-state index contributed by atoms with van der Waals surface area (Å²) in [6.45, 7) is 1.25. The number of hydrogen-bond donors (Lipinski definition) is 0. The van der Waals surface area contributed by atoms with Crippen LogP contribution in [0.3, 0.4) is 0 Å². The molecule has 0 amide bonds. The van der Waals surface area contributed by atoms with Crippen LogP contribution >= 0.6 is 0 Å². The Morgan fingerprint density at radius 3 is 2.06 bits per heavy atom. The first-order valence-electron chi connectivity index (χ1n) is 9.95. The van der Waals surface area contributed by atoms with Gasteiger partial charge in [0.05, 0.1) is 14.7 Å². The zero-order valence-electron chi connectivity index (χ0n) is 18.0. The summed E-state index contributed by atoms with van der Waals surface area (Å²) in [7, 11) is -3.98. The number of aryl methyl sites for hydroxylation is 1. The largest absolute Gasteiger partial charge is 0.484 e. The number of benzene rings is 3. The molecule has 0 unspecified atom stereocenters. The van der Waals surface area contributed by atoms with Gasteiger partial charge >= 0.3 is 5.69 Å². The molecule has 0 heterocycles. The van der Waals surface area contributed by atoms with Crippen molar-refractivity contribution >= 4 is 33.6 Å². The van der Waals surface area contributed by atoms with Crippen LogP contribution in [0.2, 0.25) is 0 Å². The molecule has 0 spiro atoms. The molecule has 176 valence electrons. The van der Waals surface area contributed by atoms with Crippen LogP contribution in [0.15, 0.2) is 71.6 Å². The fourth-order valence-electron chi connectivity index (χ4n) is 2.87. The zero-order valence-corrected chi connectivity index (χ0v) is 18.8. The molecule has 0 radical (unpaired) electrons. The van der Waals surface area contributed by atoms with E-state index in [4.69, 9.17) is 8.92 Å². The van der Waals surface area contributed by atoms with Crippen molar-refractivity contribution in [1.29, 1.82) is 0 Å². The molecule has 3 aromatic carbocycles. The Labute approximate surface area is 195 Å². The second kappa shape index (κ2) is 10.7. The number of nitrogens with zero attached hydrogens (tertiary/aromatic N) is 2. The van der Waals surface area contributed by atoms with E-state index in [-0.39, 0.29) is 35.2 Å². The summed E-state index contributed by atoms with van der Waals surface area (Å²) in [5.41, 5.74) is 1.86. The zero-order chi connectivity index (χ0) is 24.7. The third-order valence-corrected chi connectivity index (χ3v) is 5.97. The van der Waals surface area contributed by atoms with Gasteiger partial charge in [0.1, 0.15) is 13.2 Å². The summed E-state index contributed by atoms with van der Waals surface area (Å²) < 4.78 is 34.9. The lowest BCUT2D eigenvalue weighted by molar-refractivity contribution is -0.385. The van der Waals surface area contributed by atoms with Crippen molar-refractivity contribution in [2.75, 3.05) is 13.2 Å². The topological polar surface area (TPSA) is 139 Å². The Hall–Kier alpha value is -4.09. The molecule has 0 aliphatic heterocycles. The van der Waals surface area contributed by atoms with Crippen LogP contribution < -0.4 is 4.74 Å². The molecule has 0 N–H and O–H groups in total. The maximum Gasteiger partial charge on any atom is 0.310 e. The predicted molar refractivity (Wildman–Crippen MR) is 125 cm³/mol. The summed E-state index contributed by atoms with van der Waals surface area (Å²) in [6.07, 6.45) is 3.35. The van der Waals surface area contributed by atoms with Crippen molar-refractivity contribution in [2.24, 2.45) is 0 Å². The molecule has 11 heteroatoms. The van der Waals surface area contributed by atoms with Crippen LogP contribution in [-0.4, -0.2) is 31.5 Å². The minimum atomic E-state index is -3.98. The fraction of sp³-hybridized carbons (Fsp3) is 0.130. The number of rotatable bonds is 10. The third-order valence-electron chi connectivity index (χ3n) is 4.64. The monoisotopic (exact) mass is 484 g/mol. The van der Waals surface area contributed by atoms with E-state index < -0.39 is 20.0 Å². The van der Waals surface area contributed by atoms with E-state index in [0.29, 0.717) is 11.1 Å². The number of ether oxygens (including phenoxy) is 1. The van der Waals surface area contributed by atoms with Gasteiger partial charge in [0.15, 0.2) is 5.75 Å². The molecule has 0 aromatic heterocycles. The Kier molecular flexibility index (Phi) is 7.71. The number of non-ortho nitro benzene ring substituents is 1. The second-order valence-corrected chi connectivity index (χ2v) is 8.72. The normalized spacial score (nSPS) is 11.4. The first kappa shape index (κ1) is 24.6. The van der Waals surface area contributed by atoms with E-state index in [2.05, 4.69) is 0 Å². The summed E-state index contributed by atoms with van der Waals surface area (Å²) in [4.78, 5) is 21.0. The first-order chi connectivity index (χ1) is 16.2. The Morgan fingerprint density at radius 1 is 0.824 bits per heavy atom. The second-order valence-electron chi connectivity index (χ2n) is 7.10. The molecule has 10 nitrogen and oxygen atoms in total. The molecular weight excluding hydrogens is 464 g/mol. The van der Waals surface area contributed by atoms with Gasteiger partial charge < -0.3 is 4.74 Å². The van der Waals surface area contributed by atoms with Gasteiger partial charge in [-0.1, -0.05) is 29.8 Å². The van der Waals surface area contributed by atoms with E-state index in [1.54, 1.807) is 36.4 Å². The molecule has 3 rings (SSSR count). The average molecular weight is 484 g/mol. The molecule has 0 saturated heterocycles. The minimum absolute atomic E-state index is 0.00228. The first-order valence-corrected chi connectivity index (χ1v) is 11.4. The standard InChI is InChI=1S/C23H20N2O8S/c1-17-2-11-21(12-3-17)34(30,31)33-15-14-32-23-16-19(8-13-22(23)25(28)29)5-4-18-6-9-20(10-7-18)24(26)27/h2-13,16H,14-15H2,1H3/b5-4+. The number of nitro groups is 2. The van der Waals surface area contributed by atoms with E-state index in [9.17, 15) is 28.6 Å². The van der Waals surface area contributed by atoms with E-state index in [1.165, 1.54) is 42.5 Å². The van der Waals surface area contributed by atoms with Crippen molar-refractivity contribution in [1.82, 2.24) is 0 Å². The van der Waals surface area contributed by atoms with Crippen LogP contribution in [0.1, 0.15) is 16.7 Å². The SMILES string of the molecule is Cc1ccc(S(=O)(=O)OCCOc2cc(/C=C/c3ccc([N+](=O)[O-])cc3)ccc2[N+](=O)[O-])cc1. The summed E-state index contributed by atoms with van der Waals surface area (Å²) in [5, 5.41) is 22.1. The molecule has 0 aliphatic carbocycles. The van der Waals surface area contributed by atoms with E-state index in [1.807, 2.05) is 6.92 Å². The van der Waals surface area contributed by atoms with Gasteiger partial charge in [-0.25, -0.2) is 0 Å². The molecule has 0 atom stereocenters. The van der Waals surface area contributed by atoms with Crippen LogP contribution in [0.4, 0.5) is 11.4 Å². The summed E-state index contributed by atoms with van der Waals surface area (Å²) in [6, 6.07) is 16.3. The van der Waals surface area contributed by atoms with E-state index >= 15 is 0 Å². The smallest absolute Gasteiger partial charge is 0.310 e. The molecular formula is C23H20N2O8S. The van der Waals surface area contributed by atoms with Crippen molar-refractivity contribution < 1.29 is 27.2 Å². The number of hydrogen-bond acceptors (Lipinski definition) is 8. The molecule has 0 saturated carbocycles. The fourth-order valence-corrected chi connectivity index (χ4v) is 3.76. The molecule has 0 aliphatic rings. The van der Waals surface area contributed by atoms with Crippen molar-refractivity contribution in [3.63, 3.8) is 0 Å². The molecule has 0 bridgehead atoms. The lowest BCUT2D eigenvalue weighted by atomic mass is 10.1. The van der Waals surface area contributed by atoms with Crippen LogP contribution in [-0.2, 0) is 14.3 Å². The molecule has 3 aromatic rings. The summed E-state index contributed by atoms with van der Waals surface area (Å²) in [5.74, 6) is -0.0489. The minimum Gasteiger partial charge on any atom is -0.484 e. The van der Waals surface area contributed by atoms with Gasteiger partial charge in [0, 0.05) is 18.2 Å². The molecule has 34 heavy (non-hydrogen) atoms. The lowest BCUT2D eigenvalue weighted by Crippen LogP contribution is -2.13. The van der Waals surface area contributed by atoms with Gasteiger partial charge in [-0.2, -0.15) is 8.42 Å². The van der Waals surface area contributed by atoms with Crippen molar-refractivity contribution in [3.05, 3.63) is 104 Å². The predicted octanol–water partition coefficient (Wildman–Crippen LogP) is 4.77. The van der Waals surface area contributed by atoms with Crippen molar-refractivity contribution in [3.8, 4) is 5.75 Å². The highest BCUT2D eigenvalue weighted by Crippen LogP contribution is 2.29. The lowest BCUT2D eigenvalue weighted by Gasteiger charge is -2.09. The average Bonchev–Trinajstić information content (AvgIpc) is 2.81. The maximum absolute atomic E-state index is 12.2. The van der Waals surface area contributed by atoms with Gasteiger partial charge in [-0.15, -0.1) is 0 Å². The van der Waals surface area contributed by atoms with Crippen LogP contribution in [0.5, 0.6) is 5.75 Å². The highest BCUT2D eigenvalue weighted by atomic mass is 32.2. The highest BCUT2D eigenvalue weighted by Gasteiger charge is 2.17. The number of nitro benzene ring substituents is 2. The van der Waals surface area contributed by atoms with Crippen LogP contribution in [0.25, 0.3) is 12.2 Å². The Balaban J connectivity index is 1.67. The van der Waals surface area contributed by atoms with Crippen LogP contribution in [0, 0.1) is 27.2 Å². The highest BCUT2D eigenvalue weighted by molar-refractivity contribution is 7.86. The molecule has 0 fully saturated rings. The van der Waals surface area contributed by atoms with Gasteiger partial charge in [0.2, 0.25) is 0 Å². The maximum atomic E-state index is 12.2. The summed E-state index contributed by atoms with van der Waals surface area (Å²) >= 11 is 0. The van der Waals surface area contributed by atoms with Gasteiger partial charge in [0.25, 0.3) is 15.8 Å². The quantitative estimate of drug-likeness (QED) is 0.132. The van der Waals surface area contributed by atoms with Crippen molar-refractivity contribution in [2.45, 2.75) is 11.8 Å². The Bertz CT molecular complexity index is 1320. The Morgan fingerprint density at radius 2 is 1.44 bits per heavy atom.